The Labute approximate surface area is 161 Å². The van der Waals surface area contributed by atoms with Gasteiger partial charge < -0.3 is 20.4 Å². The van der Waals surface area contributed by atoms with Crippen LogP contribution in [0.2, 0.25) is 0 Å². The molecule has 2 unspecified atom stereocenters. The molecule has 12 heteroatoms. The minimum Gasteiger partial charge on any atom is -0.376 e. The average molecular weight is 403 g/mol. The highest BCUT2D eigenvalue weighted by Gasteiger charge is 2.53. The Morgan fingerprint density at radius 2 is 1.57 bits per heavy atom. The first-order valence-electron chi connectivity index (χ1n) is 9.09. The first-order valence-corrected chi connectivity index (χ1v) is 9.09. The summed E-state index contributed by atoms with van der Waals surface area (Å²) in [5, 5.41) is 40.0. The molecule has 2 atom stereocenters. The van der Waals surface area contributed by atoms with E-state index in [2.05, 4.69) is 0 Å². The normalized spacial score (nSPS) is 28.1. The van der Waals surface area contributed by atoms with Crippen molar-refractivity contribution in [3.8, 4) is 0 Å². The fourth-order valence-electron chi connectivity index (χ4n) is 3.74. The number of rotatable bonds is 5. The highest BCUT2D eigenvalue weighted by molar-refractivity contribution is 5.90. The second kappa shape index (κ2) is 9.39. The van der Waals surface area contributed by atoms with E-state index < -0.39 is 49.5 Å². The van der Waals surface area contributed by atoms with Gasteiger partial charge in [-0.3, -0.25) is 14.5 Å². The van der Waals surface area contributed by atoms with Crippen LogP contribution in [0.5, 0.6) is 0 Å². The average Bonchev–Trinajstić information content (AvgIpc) is 2.69. The maximum atomic E-state index is 13.3. The monoisotopic (exact) mass is 403 g/mol. The maximum absolute atomic E-state index is 13.3. The zero-order valence-corrected chi connectivity index (χ0v) is 15.6. The van der Waals surface area contributed by atoms with Gasteiger partial charge in [-0.05, 0) is 6.42 Å². The van der Waals surface area contributed by atoms with Crippen LogP contribution in [-0.2, 0) is 9.59 Å². The van der Waals surface area contributed by atoms with E-state index in [0.29, 0.717) is 16.4 Å². The highest BCUT2D eigenvalue weighted by Crippen LogP contribution is 2.28. The predicted molar refractivity (Wildman–Crippen MR) is 91.5 cm³/mol. The lowest BCUT2D eigenvalue weighted by Crippen LogP contribution is -2.73. The number of Topliss-reactive ketones (excluding diaryl/α,β-unsaturated/α-hetero) is 2. The Kier molecular flexibility index (Phi) is 7.43. The van der Waals surface area contributed by atoms with Crippen molar-refractivity contribution in [2.45, 2.75) is 38.1 Å². The highest BCUT2D eigenvalue weighted by atomic mass is 16.3. The number of amides is 4. The standard InChI is InChI=1S/C16H27N4O8/c21-8-17-6-7-20(11-24,13-3-1-2-12(25)4-5-14(13)26)16(28)19(10-23)18(9-22)15(17)27/h13,21-24H,1-11H2/q+1. The second-order valence-electron chi connectivity index (χ2n) is 6.86. The summed E-state index contributed by atoms with van der Waals surface area (Å²) in [6.07, 6.45) is 0.776. The lowest BCUT2D eigenvalue weighted by atomic mass is 9.92. The zero-order chi connectivity index (χ0) is 20.9. The molecule has 0 aromatic rings. The van der Waals surface area contributed by atoms with Crippen LogP contribution in [0.25, 0.3) is 0 Å². The summed E-state index contributed by atoms with van der Waals surface area (Å²) in [7, 11) is 0. The van der Waals surface area contributed by atoms with Gasteiger partial charge in [-0.15, -0.1) is 0 Å². The van der Waals surface area contributed by atoms with Gasteiger partial charge in [0.1, 0.15) is 32.5 Å². The number of hydrazine groups is 1. The molecule has 2 aliphatic rings. The SMILES string of the molecule is O=C1CCCC([N+]2(CO)CCN(CO)C(=O)N(CO)N(CO)C2=O)C(=O)CC1. The molecule has 1 aliphatic heterocycles. The molecule has 4 N–H and O–H groups in total. The van der Waals surface area contributed by atoms with E-state index in [1.807, 2.05) is 0 Å². The van der Waals surface area contributed by atoms with Crippen LogP contribution >= 0.6 is 0 Å². The fraction of sp³-hybridized carbons (Fsp3) is 0.750. The number of carbonyl (C=O) groups excluding carboxylic acids is 4. The molecular formula is C16H27N4O8+. The predicted octanol–water partition coefficient (Wildman–Crippen LogP) is -1.85. The number of ketones is 2. The molecule has 4 amide bonds. The Morgan fingerprint density at radius 1 is 0.893 bits per heavy atom. The third-order valence-corrected chi connectivity index (χ3v) is 5.40. The summed E-state index contributed by atoms with van der Waals surface area (Å²) in [6.45, 7) is -3.79. The summed E-state index contributed by atoms with van der Waals surface area (Å²) in [5.74, 6) is -0.409. The third-order valence-electron chi connectivity index (χ3n) is 5.40. The molecule has 0 bridgehead atoms. The van der Waals surface area contributed by atoms with Gasteiger partial charge in [0.25, 0.3) is 0 Å². The van der Waals surface area contributed by atoms with Crippen molar-refractivity contribution < 1.29 is 44.1 Å². The molecule has 158 valence electrons. The topological polar surface area (TPSA) is 159 Å². The number of hydrogen-bond donors (Lipinski definition) is 4. The van der Waals surface area contributed by atoms with Crippen LogP contribution < -0.4 is 0 Å². The van der Waals surface area contributed by atoms with Crippen molar-refractivity contribution in [2.75, 3.05) is 40.0 Å². The van der Waals surface area contributed by atoms with E-state index in [9.17, 15) is 39.6 Å². The van der Waals surface area contributed by atoms with Gasteiger partial charge in [-0.1, -0.05) is 0 Å². The van der Waals surface area contributed by atoms with Crippen molar-refractivity contribution in [2.24, 2.45) is 0 Å². The molecular weight excluding hydrogens is 376 g/mol. The summed E-state index contributed by atoms with van der Waals surface area (Å²) in [4.78, 5) is 51.0. The number of aliphatic hydroxyl groups excluding tert-OH is 4. The summed E-state index contributed by atoms with van der Waals surface area (Å²) >= 11 is 0. The van der Waals surface area contributed by atoms with E-state index in [-0.39, 0.29) is 50.3 Å². The van der Waals surface area contributed by atoms with Gasteiger partial charge in [0.15, 0.2) is 18.6 Å². The Balaban J connectivity index is 2.49. The van der Waals surface area contributed by atoms with Crippen LogP contribution in [0.4, 0.5) is 9.59 Å². The van der Waals surface area contributed by atoms with Crippen molar-refractivity contribution in [3.63, 3.8) is 0 Å². The molecule has 2 fully saturated rings. The largest absolute Gasteiger partial charge is 0.442 e. The van der Waals surface area contributed by atoms with E-state index in [1.165, 1.54) is 0 Å². The van der Waals surface area contributed by atoms with Crippen LogP contribution in [0.1, 0.15) is 32.1 Å². The third kappa shape index (κ3) is 4.00. The minimum absolute atomic E-state index is 0.0400. The first kappa shape index (κ1) is 22.2. The lowest BCUT2D eigenvalue weighted by Gasteiger charge is -2.47. The Hall–Kier alpha value is -2.12. The van der Waals surface area contributed by atoms with Crippen LogP contribution in [0.3, 0.4) is 0 Å². The molecule has 12 nitrogen and oxygen atoms in total. The van der Waals surface area contributed by atoms with Gasteiger partial charge >= 0.3 is 12.1 Å². The molecule has 1 heterocycles. The molecule has 0 aromatic carbocycles. The number of carbonyl (C=O) groups is 4. The van der Waals surface area contributed by atoms with Crippen molar-refractivity contribution in [3.05, 3.63) is 0 Å². The smallest absolute Gasteiger partial charge is 0.376 e. The molecule has 1 saturated heterocycles. The fourth-order valence-corrected chi connectivity index (χ4v) is 3.74. The summed E-state index contributed by atoms with van der Waals surface area (Å²) in [6, 6.07) is -2.80. The first-order chi connectivity index (χ1) is 13.4. The minimum atomic E-state index is -0.982. The van der Waals surface area contributed by atoms with Gasteiger partial charge in [-0.2, -0.15) is 5.01 Å². The summed E-state index contributed by atoms with van der Waals surface area (Å²) in [5.41, 5.74) is 0. The second-order valence-corrected chi connectivity index (χ2v) is 6.86. The van der Waals surface area contributed by atoms with Crippen molar-refractivity contribution >= 4 is 23.6 Å². The lowest BCUT2D eigenvalue weighted by molar-refractivity contribution is -0.890. The van der Waals surface area contributed by atoms with Gasteiger partial charge in [0, 0.05) is 25.7 Å². The number of quaternary nitrogens is 1. The van der Waals surface area contributed by atoms with E-state index in [0.717, 1.165) is 4.90 Å². The molecule has 2 rings (SSSR count). The Morgan fingerprint density at radius 3 is 2.14 bits per heavy atom. The molecule has 0 radical (unpaired) electrons. The molecule has 0 aromatic heterocycles. The number of nitrogens with zero attached hydrogens (tertiary/aromatic N) is 4. The van der Waals surface area contributed by atoms with Crippen LogP contribution in [-0.4, -0.2) is 110 Å². The zero-order valence-electron chi connectivity index (χ0n) is 15.6. The van der Waals surface area contributed by atoms with Crippen molar-refractivity contribution in [1.82, 2.24) is 14.9 Å². The van der Waals surface area contributed by atoms with Crippen LogP contribution in [0.15, 0.2) is 0 Å². The van der Waals surface area contributed by atoms with Gasteiger partial charge in [-0.25, -0.2) is 19.1 Å². The van der Waals surface area contributed by atoms with Gasteiger partial charge in [0.05, 0.1) is 6.54 Å². The van der Waals surface area contributed by atoms with E-state index in [1.54, 1.807) is 0 Å². The number of aliphatic hydroxyl groups is 4. The van der Waals surface area contributed by atoms with Crippen molar-refractivity contribution in [1.29, 1.82) is 0 Å². The quantitative estimate of drug-likeness (QED) is 0.389. The molecule has 1 aliphatic carbocycles. The Bertz CT molecular complexity index is 630. The van der Waals surface area contributed by atoms with Gasteiger partial charge in [0.2, 0.25) is 0 Å². The van der Waals surface area contributed by atoms with E-state index in [4.69, 9.17) is 0 Å². The molecule has 1 saturated carbocycles. The number of urea groups is 2. The molecule has 28 heavy (non-hydrogen) atoms. The van der Waals surface area contributed by atoms with Crippen LogP contribution in [0, 0.1) is 0 Å². The summed E-state index contributed by atoms with van der Waals surface area (Å²) < 4.78 is -0.798. The van der Waals surface area contributed by atoms with E-state index >= 15 is 0 Å². The number of hydrogen-bond acceptors (Lipinski definition) is 8. The maximum Gasteiger partial charge on any atom is 0.442 e. The molecule has 0 spiro atoms.